The van der Waals surface area contributed by atoms with Gasteiger partial charge in [0.25, 0.3) is 0 Å². The Hall–Kier alpha value is -2.93. The summed E-state index contributed by atoms with van der Waals surface area (Å²) in [4.78, 5) is 6.39. The molecule has 0 atom stereocenters. The van der Waals surface area contributed by atoms with Gasteiger partial charge in [-0.1, -0.05) is 6.07 Å². The van der Waals surface area contributed by atoms with Crippen molar-refractivity contribution < 1.29 is 14.3 Å². The molecule has 1 saturated carbocycles. The normalized spacial score (nSPS) is 13.9. The molecule has 134 valence electrons. The first-order valence-electron chi connectivity index (χ1n) is 8.55. The molecule has 0 aliphatic heterocycles. The molecule has 1 aliphatic rings. The van der Waals surface area contributed by atoms with Crippen LogP contribution in [0.25, 0.3) is 11.5 Å². The first kappa shape index (κ1) is 16.5. The molecule has 3 aromatic rings. The fraction of sp³-hybridized carbons (Fsp3) is 0.316. The molecule has 7 heteroatoms. The van der Waals surface area contributed by atoms with Gasteiger partial charge in [-0.25, -0.2) is 0 Å². The van der Waals surface area contributed by atoms with Gasteiger partial charge in [0.15, 0.2) is 11.5 Å². The smallest absolute Gasteiger partial charge is 0.249 e. The van der Waals surface area contributed by atoms with Gasteiger partial charge in [0.1, 0.15) is 0 Å². The van der Waals surface area contributed by atoms with Gasteiger partial charge in [-0.3, -0.25) is 9.88 Å². The summed E-state index contributed by atoms with van der Waals surface area (Å²) >= 11 is 0. The number of ether oxygens (including phenoxy) is 1. The second kappa shape index (κ2) is 7.13. The number of aromatic nitrogens is 3. The van der Waals surface area contributed by atoms with Crippen LogP contribution in [0.2, 0.25) is 0 Å². The average molecular weight is 352 g/mol. The van der Waals surface area contributed by atoms with Gasteiger partial charge >= 0.3 is 0 Å². The van der Waals surface area contributed by atoms with E-state index in [-0.39, 0.29) is 5.75 Å². The van der Waals surface area contributed by atoms with Crippen LogP contribution in [-0.4, -0.2) is 38.3 Å². The third kappa shape index (κ3) is 3.67. The Morgan fingerprint density at radius 1 is 1.23 bits per heavy atom. The lowest BCUT2D eigenvalue weighted by Crippen LogP contribution is -2.25. The van der Waals surface area contributed by atoms with Crippen LogP contribution in [0.4, 0.5) is 0 Å². The van der Waals surface area contributed by atoms with E-state index in [9.17, 15) is 5.11 Å². The molecule has 7 nitrogen and oxygen atoms in total. The van der Waals surface area contributed by atoms with Crippen molar-refractivity contribution in [3.63, 3.8) is 0 Å². The largest absolute Gasteiger partial charge is 0.504 e. The molecule has 0 amide bonds. The zero-order chi connectivity index (χ0) is 17.9. The number of rotatable bonds is 7. The van der Waals surface area contributed by atoms with Crippen molar-refractivity contribution in [3.8, 4) is 23.0 Å². The van der Waals surface area contributed by atoms with E-state index in [1.165, 1.54) is 12.8 Å². The second-order valence-electron chi connectivity index (χ2n) is 6.39. The molecule has 26 heavy (non-hydrogen) atoms. The molecular formula is C19H20N4O3. The first-order valence-corrected chi connectivity index (χ1v) is 8.55. The average Bonchev–Trinajstić information content (AvgIpc) is 3.42. The predicted octanol–water partition coefficient (Wildman–Crippen LogP) is 3.01. The number of phenols is 1. The Balaban J connectivity index is 1.49. The van der Waals surface area contributed by atoms with Crippen molar-refractivity contribution in [2.75, 3.05) is 7.11 Å². The van der Waals surface area contributed by atoms with Crippen molar-refractivity contribution in [3.05, 3.63) is 54.2 Å². The standard InChI is InChI=1S/C19H20N4O3/c1-25-17-9-13(4-7-16(17)24)11-23(15-5-6-15)12-18-21-22-19(26-18)14-3-2-8-20-10-14/h2-4,7-10,15,24H,5-6,11-12H2,1H3. The minimum atomic E-state index is 0.146. The van der Waals surface area contributed by atoms with Gasteiger partial charge in [-0.2, -0.15) is 0 Å². The lowest BCUT2D eigenvalue weighted by atomic mass is 10.2. The number of methoxy groups -OCH3 is 1. The molecule has 1 fully saturated rings. The van der Waals surface area contributed by atoms with Crippen LogP contribution in [0.3, 0.4) is 0 Å². The van der Waals surface area contributed by atoms with Gasteiger partial charge in [0, 0.05) is 25.0 Å². The van der Waals surface area contributed by atoms with E-state index in [4.69, 9.17) is 9.15 Å². The fourth-order valence-corrected chi connectivity index (χ4v) is 2.91. The van der Waals surface area contributed by atoms with E-state index >= 15 is 0 Å². The van der Waals surface area contributed by atoms with Crippen LogP contribution < -0.4 is 4.74 Å². The topological polar surface area (TPSA) is 84.5 Å². The second-order valence-corrected chi connectivity index (χ2v) is 6.39. The molecule has 2 aromatic heterocycles. The SMILES string of the molecule is COc1cc(CN(Cc2nnc(-c3cccnc3)o2)C2CC2)ccc1O. The number of phenolic OH excluding ortho intramolecular Hbond substituents is 1. The zero-order valence-corrected chi connectivity index (χ0v) is 14.5. The van der Waals surface area contributed by atoms with Gasteiger partial charge in [0.2, 0.25) is 11.8 Å². The van der Waals surface area contributed by atoms with E-state index < -0.39 is 0 Å². The predicted molar refractivity (Wildman–Crippen MR) is 94.5 cm³/mol. The molecule has 0 spiro atoms. The summed E-state index contributed by atoms with van der Waals surface area (Å²) in [5, 5.41) is 18.1. The van der Waals surface area contributed by atoms with E-state index in [0.717, 1.165) is 17.7 Å². The summed E-state index contributed by atoms with van der Waals surface area (Å²) in [6.07, 6.45) is 5.75. The third-order valence-corrected chi connectivity index (χ3v) is 4.41. The number of hydrogen-bond donors (Lipinski definition) is 1. The monoisotopic (exact) mass is 352 g/mol. The molecule has 0 saturated heterocycles. The number of pyridine rings is 1. The van der Waals surface area contributed by atoms with Crippen molar-refractivity contribution in [2.24, 2.45) is 0 Å². The lowest BCUT2D eigenvalue weighted by molar-refractivity contribution is 0.221. The molecular weight excluding hydrogens is 332 g/mol. The minimum absolute atomic E-state index is 0.146. The van der Waals surface area contributed by atoms with Crippen molar-refractivity contribution in [1.29, 1.82) is 0 Å². The highest BCUT2D eigenvalue weighted by atomic mass is 16.5. The van der Waals surface area contributed by atoms with Crippen molar-refractivity contribution in [2.45, 2.75) is 32.0 Å². The van der Waals surface area contributed by atoms with Crippen LogP contribution in [0, 0.1) is 0 Å². The van der Waals surface area contributed by atoms with E-state index in [1.54, 1.807) is 25.6 Å². The summed E-state index contributed by atoms with van der Waals surface area (Å²) in [6.45, 7) is 1.31. The van der Waals surface area contributed by atoms with Crippen LogP contribution in [0.15, 0.2) is 47.1 Å². The Labute approximate surface area is 151 Å². The summed E-state index contributed by atoms with van der Waals surface area (Å²) in [5.74, 6) is 1.69. The highest BCUT2D eigenvalue weighted by Gasteiger charge is 2.30. The highest BCUT2D eigenvalue weighted by molar-refractivity contribution is 5.49. The molecule has 1 aliphatic carbocycles. The number of hydrogen-bond acceptors (Lipinski definition) is 7. The number of aromatic hydroxyl groups is 1. The van der Waals surface area contributed by atoms with Crippen LogP contribution in [-0.2, 0) is 13.1 Å². The maximum absolute atomic E-state index is 9.76. The Morgan fingerprint density at radius 2 is 2.12 bits per heavy atom. The summed E-state index contributed by atoms with van der Waals surface area (Å²) in [6, 6.07) is 9.68. The van der Waals surface area contributed by atoms with E-state index in [1.807, 2.05) is 24.3 Å². The van der Waals surface area contributed by atoms with E-state index in [0.29, 0.717) is 30.1 Å². The van der Waals surface area contributed by atoms with Crippen molar-refractivity contribution >= 4 is 0 Å². The van der Waals surface area contributed by atoms with E-state index in [2.05, 4.69) is 20.1 Å². The van der Waals surface area contributed by atoms with Crippen LogP contribution >= 0.6 is 0 Å². The Kier molecular flexibility index (Phi) is 4.53. The van der Waals surface area contributed by atoms with Crippen LogP contribution in [0.5, 0.6) is 11.5 Å². The minimum Gasteiger partial charge on any atom is -0.504 e. The molecule has 0 unspecified atom stereocenters. The molecule has 2 heterocycles. The van der Waals surface area contributed by atoms with Gasteiger partial charge < -0.3 is 14.3 Å². The number of benzene rings is 1. The Morgan fingerprint density at radius 3 is 2.85 bits per heavy atom. The maximum Gasteiger partial charge on any atom is 0.249 e. The van der Waals surface area contributed by atoms with Crippen LogP contribution in [0.1, 0.15) is 24.3 Å². The summed E-state index contributed by atoms with van der Waals surface area (Å²) < 4.78 is 11.0. The maximum atomic E-state index is 9.76. The fourth-order valence-electron chi connectivity index (χ4n) is 2.91. The van der Waals surface area contributed by atoms with Gasteiger partial charge in [-0.15, -0.1) is 10.2 Å². The summed E-state index contributed by atoms with van der Waals surface area (Å²) in [7, 11) is 1.55. The molecule has 1 N–H and O–H groups in total. The first-order chi connectivity index (χ1) is 12.7. The quantitative estimate of drug-likeness (QED) is 0.699. The van der Waals surface area contributed by atoms with Gasteiger partial charge in [0.05, 0.1) is 19.2 Å². The van der Waals surface area contributed by atoms with Gasteiger partial charge in [-0.05, 0) is 42.7 Å². The third-order valence-electron chi connectivity index (χ3n) is 4.41. The lowest BCUT2D eigenvalue weighted by Gasteiger charge is -2.20. The molecule has 4 rings (SSSR count). The summed E-state index contributed by atoms with van der Waals surface area (Å²) in [5.41, 5.74) is 1.88. The zero-order valence-electron chi connectivity index (χ0n) is 14.5. The Bertz CT molecular complexity index is 878. The molecule has 1 aromatic carbocycles. The number of nitrogens with zero attached hydrogens (tertiary/aromatic N) is 4. The molecule has 0 bridgehead atoms. The molecule has 0 radical (unpaired) electrons. The highest BCUT2D eigenvalue weighted by Crippen LogP contribution is 2.32. The van der Waals surface area contributed by atoms with Crippen molar-refractivity contribution in [1.82, 2.24) is 20.1 Å².